The molecule has 0 bridgehead atoms. The van der Waals surface area contributed by atoms with Crippen molar-refractivity contribution in [1.82, 2.24) is 10.2 Å². The molecule has 2 aromatic rings. The molecule has 0 saturated heterocycles. The SMILES string of the molecule is CNC(CN(C)C)c1cccc2ccccc12. The fourth-order valence-electron chi connectivity index (χ4n) is 2.26. The van der Waals surface area contributed by atoms with Crippen LogP contribution < -0.4 is 5.32 Å². The molecule has 1 atom stereocenters. The van der Waals surface area contributed by atoms with Gasteiger partial charge >= 0.3 is 0 Å². The molecule has 0 aromatic heterocycles. The third kappa shape index (κ3) is 2.65. The van der Waals surface area contributed by atoms with Gasteiger partial charge in [-0.15, -0.1) is 0 Å². The molecular weight excluding hydrogens is 208 g/mol. The van der Waals surface area contributed by atoms with Crippen molar-refractivity contribution in [2.75, 3.05) is 27.7 Å². The number of hydrogen-bond donors (Lipinski definition) is 1. The molecule has 2 heteroatoms. The number of fused-ring (bicyclic) bond motifs is 1. The maximum absolute atomic E-state index is 3.40. The average molecular weight is 228 g/mol. The quantitative estimate of drug-likeness (QED) is 0.865. The van der Waals surface area contributed by atoms with Crippen molar-refractivity contribution in [3.8, 4) is 0 Å². The third-order valence-electron chi connectivity index (χ3n) is 3.09. The number of likely N-dealkylation sites (N-methyl/N-ethyl adjacent to an activating group) is 2. The molecule has 2 nitrogen and oxygen atoms in total. The molecule has 1 N–H and O–H groups in total. The molecule has 90 valence electrons. The smallest absolute Gasteiger partial charge is 0.0452 e. The Hall–Kier alpha value is -1.38. The first kappa shape index (κ1) is 12.1. The van der Waals surface area contributed by atoms with Crippen LogP contribution in [0.3, 0.4) is 0 Å². The molecule has 0 aliphatic rings. The molecule has 2 rings (SSSR count). The van der Waals surface area contributed by atoms with Crippen LogP contribution >= 0.6 is 0 Å². The van der Waals surface area contributed by atoms with E-state index in [0.717, 1.165) is 6.54 Å². The summed E-state index contributed by atoms with van der Waals surface area (Å²) in [6.45, 7) is 1.00. The van der Waals surface area contributed by atoms with E-state index in [1.165, 1.54) is 16.3 Å². The van der Waals surface area contributed by atoms with Crippen molar-refractivity contribution in [1.29, 1.82) is 0 Å². The largest absolute Gasteiger partial charge is 0.312 e. The summed E-state index contributed by atoms with van der Waals surface area (Å²) in [6.07, 6.45) is 0. The summed E-state index contributed by atoms with van der Waals surface area (Å²) >= 11 is 0. The van der Waals surface area contributed by atoms with Crippen LogP contribution in [0.25, 0.3) is 10.8 Å². The first-order chi connectivity index (χ1) is 8.22. The van der Waals surface area contributed by atoms with Crippen LogP contribution in [0.2, 0.25) is 0 Å². The summed E-state index contributed by atoms with van der Waals surface area (Å²) in [7, 11) is 6.24. The second-order valence-electron chi connectivity index (χ2n) is 4.67. The van der Waals surface area contributed by atoms with Crippen LogP contribution in [-0.2, 0) is 0 Å². The van der Waals surface area contributed by atoms with Crippen LogP contribution in [0.1, 0.15) is 11.6 Å². The van der Waals surface area contributed by atoms with Crippen molar-refractivity contribution in [3.63, 3.8) is 0 Å². The summed E-state index contributed by atoms with van der Waals surface area (Å²) in [5.74, 6) is 0. The lowest BCUT2D eigenvalue weighted by Gasteiger charge is -2.22. The normalized spacial score (nSPS) is 13.2. The Morgan fingerprint density at radius 2 is 1.76 bits per heavy atom. The van der Waals surface area contributed by atoms with Gasteiger partial charge in [-0.3, -0.25) is 0 Å². The van der Waals surface area contributed by atoms with Gasteiger partial charge in [0.15, 0.2) is 0 Å². The first-order valence-corrected chi connectivity index (χ1v) is 6.02. The molecule has 0 aliphatic heterocycles. The maximum Gasteiger partial charge on any atom is 0.0452 e. The van der Waals surface area contributed by atoms with Gasteiger partial charge in [-0.1, -0.05) is 42.5 Å². The van der Waals surface area contributed by atoms with E-state index in [-0.39, 0.29) is 0 Å². The standard InChI is InChI=1S/C15H20N2/c1-16-15(11-17(2)3)14-10-6-8-12-7-4-5-9-13(12)14/h4-10,15-16H,11H2,1-3H3. The van der Waals surface area contributed by atoms with Gasteiger partial charge in [0.1, 0.15) is 0 Å². The minimum absolute atomic E-state index is 0.371. The fraction of sp³-hybridized carbons (Fsp3) is 0.333. The zero-order chi connectivity index (χ0) is 12.3. The van der Waals surface area contributed by atoms with E-state index >= 15 is 0 Å². The van der Waals surface area contributed by atoms with Gasteiger partial charge in [-0.05, 0) is 37.5 Å². The maximum atomic E-state index is 3.40. The highest BCUT2D eigenvalue weighted by Gasteiger charge is 2.12. The summed E-state index contributed by atoms with van der Waals surface area (Å²) in [6, 6.07) is 15.5. The average Bonchev–Trinajstić information content (AvgIpc) is 2.35. The minimum atomic E-state index is 0.371. The molecule has 2 aromatic carbocycles. The molecular formula is C15H20N2. The number of rotatable bonds is 4. The lowest BCUT2D eigenvalue weighted by atomic mass is 9.98. The lowest BCUT2D eigenvalue weighted by molar-refractivity contribution is 0.354. The van der Waals surface area contributed by atoms with Gasteiger partial charge < -0.3 is 10.2 Å². The van der Waals surface area contributed by atoms with Crippen LogP contribution in [0, 0.1) is 0 Å². The van der Waals surface area contributed by atoms with Gasteiger partial charge in [0.05, 0.1) is 0 Å². The topological polar surface area (TPSA) is 15.3 Å². The van der Waals surface area contributed by atoms with Crippen LogP contribution in [-0.4, -0.2) is 32.6 Å². The van der Waals surface area contributed by atoms with E-state index in [1.807, 2.05) is 7.05 Å². The summed E-state index contributed by atoms with van der Waals surface area (Å²) in [4.78, 5) is 2.21. The van der Waals surface area contributed by atoms with Crippen molar-refractivity contribution in [2.24, 2.45) is 0 Å². The highest BCUT2D eigenvalue weighted by molar-refractivity contribution is 5.86. The highest BCUT2D eigenvalue weighted by Crippen LogP contribution is 2.24. The number of hydrogen-bond acceptors (Lipinski definition) is 2. The predicted octanol–water partition coefficient (Wildman–Crippen LogP) is 2.66. The molecule has 0 heterocycles. The zero-order valence-electron chi connectivity index (χ0n) is 10.8. The van der Waals surface area contributed by atoms with Crippen molar-refractivity contribution in [2.45, 2.75) is 6.04 Å². The zero-order valence-corrected chi connectivity index (χ0v) is 10.8. The van der Waals surface area contributed by atoms with E-state index in [0.29, 0.717) is 6.04 Å². The Bertz CT molecular complexity index is 486. The molecule has 0 aliphatic carbocycles. The second-order valence-corrected chi connectivity index (χ2v) is 4.67. The van der Waals surface area contributed by atoms with Crippen LogP contribution in [0.4, 0.5) is 0 Å². The van der Waals surface area contributed by atoms with Crippen molar-refractivity contribution >= 4 is 10.8 Å². The number of benzene rings is 2. The molecule has 1 unspecified atom stereocenters. The van der Waals surface area contributed by atoms with E-state index in [4.69, 9.17) is 0 Å². The van der Waals surface area contributed by atoms with Gasteiger partial charge in [0, 0.05) is 12.6 Å². The molecule has 0 spiro atoms. The highest BCUT2D eigenvalue weighted by atomic mass is 15.1. The number of nitrogens with zero attached hydrogens (tertiary/aromatic N) is 1. The Balaban J connectivity index is 2.46. The second kappa shape index (κ2) is 5.30. The van der Waals surface area contributed by atoms with Crippen LogP contribution in [0.15, 0.2) is 42.5 Å². The monoisotopic (exact) mass is 228 g/mol. The van der Waals surface area contributed by atoms with Gasteiger partial charge in [0.25, 0.3) is 0 Å². The Labute approximate surface area is 103 Å². The molecule has 0 radical (unpaired) electrons. The fourth-order valence-corrected chi connectivity index (χ4v) is 2.26. The van der Waals surface area contributed by atoms with Gasteiger partial charge in [-0.25, -0.2) is 0 Å². The molecule has 0 amide bonds. The third-order valence-corrected chi connectivity index (χ3v) is 3.09. The van der Waals surface area contributed by atoms with E-state index in [9.17, 15) is 0 Å². The Morgan fingerprint density at radius 1 is 1.06 bits per heavy atom. The molecule has 0 saturated carbocycles. The van der Waals surface area contributed by atoms with Crippen molar-refractivity contribution in [3.05, 3.63) is 48.0 Å². The lowest BCUT2D eigenvalue weighted by Crippen LogP contribution is -2.28. The van der Waals surface area contributed by atoms with E-state index in [2.05, 4.69) is 66.8 Å². The minimum Gasteiger partial charge on any atom is -0.312 e. The van der Waals surface area contributed by atoms with Gasteiger partial charge in [0.2, 0.25) is 0 Å². The van der Waals surface area contributed by atoms with Gasteiger partial charge in [-0.2, -0.15) is 0 Å². The number of nitrogens with one attached hydrogen (secondary N) is 1. The van der Waals surface area contributed by atoms with Crippen LogP contribution in [0.5, 0.6) is 0 Å². The van der Waals surface area contributed by atoms with E-state index in [1.54, 1.807) is 0 Å². The Morgan fingerprint density at radius 3 is 2.47 bits per heavy atom. The predicted molar refractivity (Wildman–Crippen MR) is 74.3 cm³/mol. The molecule has 17 heavy (non-hydrogen) atoms. The van der Waals surface area contributed by atoms with E-state index < -0.39 is 0 Å². The first-order valence-electron chi connectivity index (χ1n) is 6.02. The summed E-state index contributed by atoms with van der Waals surface area (Å²) in [5, 5.41) is 6.05. The molecule has 0 fully saturated rings. The summed E-state index contributed by atoms with van der Waals surface area (Å²) in [5.41, 5.74) is 1.37. The Kier molecular flexibility index (Phi) is 3.77. The summed E-state index contributed by atoms with van der Waals surface area (Å²) < 4.78 is 0. The van der Waals surface area contributed by atoms with Crippen molar-refractivity contribution < 1.29 is 0 Å².